The van der Waals surface area contributed by atoms with Crippen LogP contribution in [0.15, 0.2) is 18.2 Å². The molecule has 1 aromatic carbocycles. The van der Waals surface area contributed by atoms with Gasteiger partial charge in [0.05, 0.1) is 0 Å². The van der Waals surface area contributed by atoms with Crippen molar-refractivity contribution in [3.05, 3.63) is 29.3 Å². The molecule has 5 N–H and O–H groups in total. The predicted octanol–water partition coefficient (Wildman–Crippen LogP) is 0.149. The molecule has 0 bridgehead atoms. The summed E-state index contributed by atoms with van der Waals surface area (Å²) in [6.45, 7) is 1.62. The number of benzene rings is 1. The number of nitrogens with one attached hydrogen (secondary N) is 1. The molecule has 7 heteroatoms. The van der Waals surface area contributed by atoms with Gasteiger partial charge in [-0.05, 0) is 37.1 Å². The van der Waals surface area contributed by atoms with Crippen LogP contribution < -0.4 is 11.1 Å². The topological polar surface area (TPSA) is 130 Å². The molecule has 0 fully saturated rings. The van der Waals surface area contributed by atoms with E-state index in [4.69, 9.17) is 10.8 Å². The lowest BCUT2D eigenvalue weighted by Gasteiger charge is -2.14. The van der Waals surface area contributed by atoms with Gasteiger partial charge in [0.15, 0.2) is 0 Å². The summed E-state index contributed by atoms with van der Waals surface area (Å²) in [6, 6.07) is 2.98. The van der Waals surface area contributed by atoms with E-state index in [-0.39, 0.29) is 24.2 Å². The Morgan fingerprint density at radius 2 is 2.00 bits per heavy atom. The van der Waals surface area contributed by atoms with Crippen molar-refractivity contribution in [1.29, 1.82) is 0 Å². The molecule has 2 amide bonds. The van der Waals surface area contributed by atoms with E-state index in [1.807, 2.05) is 0 Å². The van der Waals surface area contributed by atoms with E-state index in [0.29, 0.717) is 5.56 Å². The van der Waals surface area contributed by atoms with Gasteiger partial charge in [-0.2, -0.15) is 0 Å². The third-order valence-electron chi connectivity index (χ3n) is 2.74. The number of carbonyl (C=O) groups excluding carboxylic acids is 2. The van der Waals surface area contributed by atoms with Gasteiger partial charge in [0, 0.05) is 12.0 Å². The van der Waals surface area contributed by atoms with Crippen LogP contribution >= 0.6 is 0 Å². The summed E-state index contributed by atoms with van der Waals surface area (Å²) in [5, 5.41) is 20.6. The maximum atomic E-state index is 11.9. The van der Waals surface area contributed by atoms with E-state index in [2.05, 4.69) is 5.32 Å². The minimum atomic E-state index is -1.24. The fourth-order valence-electron chi connectivity index (χ4n) is 1.58. The van der Waals surface area contributed by atoms with Crippen molar-refractivity contribution in [2.24, 2.45) is 5.73 Å². The molecule has 0 radical (unpaired) electrons. The van der Waals surface area contributed by atoms with E-state index in [0.717, 1.165) is 0 Å². The average Bonchev–Trinajstić information content (AvgIpc) is 2.36. The number of phenolic OH excluding ortho intramolecular Hbond substituents is 1. The Morgan fingerprint density at radius 1 is 1.35 bits per heavy atom. The fourth-order valence-corrected chi connectivity index (χ4v) is 1.58. The highest BCUT2D eigenvalue weighted by Crippen LogP contribution is 2.17. The monoisotopic (exact) mass is 280 g/mol. The Balaban J connectivity index is 2.77. The maximum absolute atomic E-state index is 11.9. The van der Waals surface area contributed by atoms with Crippen molar-refractivity contribution in [1.82, 2.24) is 5.32 Å². The van der Waals surface area contributed by atoms with Gasteiger partial charge in [0.2, 0.25) is 5.91 Å². The Morgan fingerprint density at radius 3 is 2.50 bits per heavy atom. The summed E-state index contributed by atoms with van der Waals surface area (Å²) >= 11 is 0. The fraction of sp³-hybridized carbons (Fsp3) is 0.308. The number of amides is 2. The van der Waals surface area contributed by atoms with Crippen molar-refractivity contribution >= 4 is 17.8 Å². The van der Waals surface area contributed by atoms with Crippen LogP contribution in [0, 0.1) is 6.92 Å². The van der Waals surface area contributed by atoms with Gasteiger partial charge in [-0.15, -0.1) is 0 Å². The van der Waals surface area contributed by atoms with E-state index in [1.165, 1.54) is 18.2 Å². The number of phenols is 1. The van der Waals surface area contributed by atoms with E-state index >= 15 is 0 Å². The standard InChI is InChI=1S/C13H16N2O5/c1-7-6-8(2-4-10(7)16)12(18)15-9(13(19)20)3-5-11(14)17/h2,4,6,9,16H,3,5H2,1H3,(H2,14,17)(H,15,18)(H,19,20)/t9-/m0/s1. The van der Waals surface area contributed by atoms with E-state index < -0.39 is 23.8 Å². The highest BCUT2D eigenvalue weighted by atomic mass is 16.4. The number of aryl methyl sites for hydroxylation is 1. The van der Waals surface area contributed by atoms with Crippen LogP contribution in [0.4, 0.5) is 0 Å². The molecule has 0 aliphatic carbocycles. The summed E-state index contributed by atoms with van der Waals surface area (Å²) in [6.07, 6.45) is -0.209. The summed E-state index contributed by atoms with van der Waals surface area (Å²) in [4.78, 5) is 33.5. The number of carboxylic acid groups (broad SMARTS) is 1. The molecule has 7 nitrogen and oxygen atoms in total. The second-order valence-corrected chi connectivity index (χ2v) is 4.37. The van der Waals surface area contributed by atoms with Crippen LogP contribution in [0.25, 0.3) is 0 Å². The van der Waals surface area contributed by atoms with Crippen LogP contribution in [0.5, 0.6) is 5.75 Å². The zero-order valence-corrected chi connectivity index (χ0v) is 10.9. The Labute approximate surface area is 115 Å². The molecule has 20 heavy (non-hydrogen) atoms. The highest BCUT2D eigenvalue weighted by molar-refractivity contribution is 5.97. The van der Waals surface area contributed by atoms with Gasteiger partial charge < -0.3 is 21.3 Å². The van der Waals surface area contributed by atoms with Crippen LogP contribution in [0.2, 0.25) is 0 Å². The van der Waals surface area contributed by atoms with Crippen molar-refractivity contribution in [3.63, 3.8) is 0 Å². The molecule has 0 saturated heterocycles. The van der Waals surface area contributed by atoms with Gasteiger partial charge in [-0.1, -0.05) is 0 Å². The van der Waals surface area contributed by atoms with Gasteiger partial charge in [-0.3, -0.25) is 9.59 Å². The largest absolute Gasteiger partial charge is 0.508 e. The second kappa shape index (κ2) is 6.55. The van der Waals surface area contributed by atoms with E-state index in [1.54, 1.807) is 6.92 Å². The number of nitrogens with two attached hydrogens (primary N) is 1. The molecule has 1 atom stereocenters. The first-order valence-corrected chi connectivity index (χ1v) is 5.93. The molecular formula is C13H16N2O5. The molecule has 1 aromatic rings. The van der Waals surface area contributed by atoms with Gasteiger partial charge in [0.25, 0.3) is 5.91 Å². The number of carbonyl (C=O) groups is 3. The molecule has 0 aromatic heterocycles. The van der Waals surface area contributed by atoms with Crippen LogP contribution in [-0.2, 0) is 9.59 Å². The minimum Gasteiger partial charge on any atom is -0.508 e. The van der Waals surface area contributed by atoms with Gasteiger partial charge >= 0.3 is 5.97 Å². The lowest BCUT2D eigenvalue weighted by Crippen LogP contribution is -2.41. The zero-order chi connectivity index (χ0) is 15.3. The number of primary amides is 1. The Hall–Kier alpha value is -2.57. The number of aliphatic carboxylic acids is 1. The Kier molecular flexibility index (Phi) is 5.08. The first kappa shape index (κ1) is 15.5. The van der Waals surface area contributed by atoms with Crippen LogP contribution in [0.1, 0.15) is 28.8 Å². The molecule has 0 unspecified atom stereocenters. The third kappa shape index (κ3) is 4.27. The van der Waals surface area contributed by atoms with Crippen molar-refractivity contribution < 1.29 is 24.6 Å². The third-order valence-corrected chi connectivity index (χ3v) is 2.74. The average molecular weight is 280 g/mol. The van der Waals surface area contributed by atoms with Crippen LogP contribution in [0.3, 0.4) is 0 Å². The molecule has 0 aliphatic heterocycles. The number of carboxylic acids is 1. The van der Waals surface area contributed by atoms with Gasteiger partial charge in [0.1, 0.15) is 11.8 Å². The molecule has 0 heterocycles. The first-order valence-electron chi connectivity index (χ1n) is 5.93. The lowest BCUT2D eigenvalue weighted by molar-refractivity contribution is -0.139. The molecular weight excluding hydrogens is 264 g/mol. The number of aromatic hydroxyl groups is 1. The smallest absolute Gasteiger partial charge is 0.326 e. The molecule has 1 rings (SSSR count). The van der Waals surface area contributed by atoms with E-state index in [9.17, 15) is 19.5 Å². The second-order valence-electron chi connectivity index (χ2n) is 4.37. The number of hydrogen-bond acceptors (Lipinski definition) is 4. The molecule has 0 saturated carbocycles. The number of hydrogen-bond donors (Lipinski definition) is 4. The maximum Gasteiger partial charge on any atom is 0.326 e. The predicted molar refractivity (Wildman–Crippen MR) is 70.2 cm³/mol. The number of rotatable bonds is 6. The molecule has 108 valence electrons. The normalized spacial score (nSPS) is 11.7. The van der Waals surface area contributed by atoms with Crippen molar-refractivity contribution in [2.45, 2.75) is 25.8 Å². The quantitative estimate of drug-likeness (QED) is 0.589. The lowest BCUT2D eigenvalue weighted by atomic mass is 10.1. The molecule has 0 aliphatic rings. The van der Waals surface area contributed by atoms with Gasteiger partial charge in [-0.25, -0.2) is 4.79 Å². The summed E-state index contributed by atoms with van der Waals surface area (Å²) in [5.41, 5.74) is 5.68. The Bertz CT molecular complexity index is 542. The van der Waals surface area contributed by atoms with Crippen molar-refractivity contribution in [3.8, 4) is 5.75 Å². The minimum absolute atomic E-state index is 0.0464. The van der Waals surface area contributed by atoms with Crippen LogP contribution in [-0.4, -0.2) is 34.0 Å². The highest BCUT2D eigenvalue weighted by Gasteiger charge is 2.21. The summed E-state index contributed by atoms with van der Waals surface area (Å²) < 4.78 is 0. The summed E-state index contributed by atoms with van der Waals surface area (Å²) in [5.74, 6) is -2.42. The molecule has 0 spiro atoms. The van der Waals surface area contributed by atoms with Crippen molar-refractivity contribution in [2.75, 3.05) is 0 Å². The summed E-state index contributed by atoms with van der Waals surface area (Å²) in [7, 11) is 0. The SMILES string of the molecule is Cc1cc(C(=O)N[C@@H](CCC(N)=O)C(=O)O)ccc1O. The first-order chi connectivity index (χ1) is 9.31. The zero-order valence-electron chi connectivity index (χ0n) is 10.9.